The van der Waals surface area contributed by atoms with Crippen molar-refractivity contribution < 1.29 is 19.6 Å². The largest absolute Gasteiger partial charge is 0.481 e. The fourth-order valence-corrected chi connectivity index (χ4v) is 2.64. The Hall–Kier alpha value is -2.44. The van der Waals surface area contributed by atoms with Crippen molar-refractivity contribution in [2.24, 2.45) is 11.8 Å². The van der Waals surface area contributed by atoms with E-state index in [9.17, 15) is 19.7 Å². The molecule has 0 bridgehead atoms. The number of carbonyl (C=O) groups is 2. The molecule has 0 spiro atoms. The summed E-state index contributed by atoms with van der Waals surface area (Å²) in [5, 5.41) is 22.4. The number of hydrogen-bond acceptors (Lipinski definition) is 4. The van der Waals surface area contributed by atoms with Gasteiger partial charge in [0.15, 0.2) is 0 Å². The van der Waals surface area contributed by atoms with Gasteiger partial charge in [0.25, 0.3) is 5.69 Å². The van der Waals surface area contributed by atoms with E-state index in [4.69, 9.17) is 5.11 Å². The molecule has 1 aromatic rings. The van der Waals surface area contributed by atoms with Crippen molar-refractivity contribution in [1.29, 1.82) is 0 Å². The Labute approximate surface area is 121 Å². The van der Waals surface area contributed by atoms with Crippen molar-refractivity contribution in [3.8, 4) is 0 Å². The monoisotopic (exact) mass is 292 g/mol. The molecule has 112 valence electrons. The molecule has 0 saturated heterocycles. The molecule has 7 heteroatoms. The second-order valence-electron chi connectivity index (χ2n) is 5.13. The third kappa shape index (κ3) is 3.56. The third-order valence-electron chi connectivity index (χ3n) is 3.77. The molecule has 1 saturated carbocycles. The zero-order valence-corrected chi connectivity index (χ0v) is 11.3. The van der Waals surface area contributed by atoms with Crippen LogP contribution in [0.4, 0.5) is 11.4 Å². The van der Waals surface area contributed by atoms with Crippen LogP contribution >= 0.6 is 0 Å². The Bertz CT molecular complexity index is 555. The van der Waals surface area contributed by atoms with Gasteiger partial charge >= 0.3 is 5.97 Å². The van der Waals surface area contributed by atoms with Crippen LogP contribution in [0.3, 0.4) is 0 Å². The number of anilines is 1. The van der Waals surface area contributed by atoms with Gasteiger partial charge in [-0.25, -0.2) is 0 Å². The van der Waals surface area contributed by atoms with Crippen molar-refractivity contribution >= 4 is 23.3 Å². The van der Waals surface area contributed by atoms with Crippen LogP contribution in [0.2, 0.25) is 0 Å². The number of carboxylic acids is 1. The SMILES string of the molecule is O=C(Nc1ccc([N+](=O)[O-])cc1)[C@H]1CCCC[C@H]1C(=O)O. The first-order chi connectivity index (χ1) is 9.99. The average molecular weight is 292 g/mol. The molecule has 2 N–H and O–H groups in total. The highest BCUT2D eigenvalue weighted by Crippen LogP contribution is 2.31. The van der Waals surface area contributed by atoms with Gasteiger partial charge in [-0.05, 0) is 25.0 Å². The highest BCUT2D eigenvalue weighted by atomic mass is 16.6. The van der Waals surface area contributed by atoms with Crippen LogP contribution < -0.4 is 5.32 Å². The van der Waals surface area contributed by atoms with Crippen LogP contribution in [-0.2, 0) is 9.59 Å². The van der Waals surface area contributed by atoms with Crippen molar-refractivity contribution in [3.63, 3.8) is 0 Å². The maximum atomic E-state index is 12.2. The Kier molecular flexibility index (Phi) is 4.52. The fraction of sp³-hybridized carbons (Fsp3) is 0.429. The topological polar surface area (TPSA) is 110 Å². The van der Waals surface area contributed by atoms with E-state index in [1.165, 1.54) is 24.3 Å². The molecular weight excluding hydrogens is 276 g/mol. The number of amides is 1. The minimum Gasteiger partial charge on any atom is -0.481 e. The number of nitro benzene ring substituents is 1. The third-order valence-corrected chi connectivity index (χ3v) is 3.77. The van der Waals surface area contributed by atoms with Crippen molar-refractivity contribution in [1.82, 2.24) is 0 Å². The van der Waals surface area contributed by atoms with Crippen LogP contribution in [0, 0.1) is 22.0 Å². The van der Waals surface area contributed by atoms with Crippen LogP contribution in [-0.4, -0.2) is 21.9 Å². The molecule has 0 aromatic heterocycles. The smallest absolute Gasteiger partial charge is 0.307 e. The lowest BCUT2D eigenvalue weighted by Crippen LogP contribution is -2.36. The van der Waals surface area contributed by atoms with Gasteiger partial charge in [0.1, 0.15) is 0 Å². The average Bonchev–Trinajstić information content (AvgIpc) is 2.47. The lowest BCUT2D eigenvalue weighted by molar-refractivity contribution is -0.384. The number of non-ortho nitro benzene ring substituents is 1. The summed E-state index contributed by atoms with van der Waals surface area (Å²) >= 11 is 0. The number of benzene rings is 1. The molecule has 1 amide bonds. The van der Waals surface area contributed by atoms with Gasteiger partial charge in [0.05, 0.1) is 16.8 Å². The summed E-state index contributed by atoms with van der Waals surface area (Å²) in [5.41, 5.74) is 0.370. The standard InChI is InChI=1S/C14H16N2O5/c17-13(11-3-1-2-4-12(11)14(18)19)15-9-5-7-10(8-6-9)16(20)21/h5-8,11-12H,1-4H2,(H,15,17)(H,18,19)/t11-,12+/m0/s1. The van der Waals surface area contributed by atoms with E-state index in [1.807, 2.05) is 0 Å². The molecule has 2 rings (SSSR count). The summed E-state index contributed by atoms with van der Waals surface area (Å²) in [6.45, 7) is 0. The van der Waals surface area contributed by atoms with Gasteiger partial charge in [0.2, 0.25) is 5.91 Å². The van der Waals surface area contributed by atoms with E-state index in [-0.39, 0.29) is 11.6 Å². The Morgan fingerprint density at radius 1 is 1.14 bits per heavy atom. The van der Waals surface area contributed by atoms with Crippen molar-refractivity contribution in [2.75, 3.05) is 5.32 Å². The molecule has 0 unspecified atom stereocenters. The van der Waals surface area contributed by atoms with E-state index in [2.05, 4.69) is 5.32 Å². The predicted molar refractivity (Wildman–Crippen MR) is 74.8 cm³/mol. The summed E-state index contributed by atoms with van der Waals surface area (Å²) < 4.78 is 0. The maximum absolute atomic E-state index is 12.2. The molecule has 0 heterocycles. The Morgan fingerprint density at radius 2 is 1.71 bits per heavy atom. The van der Waals surface area contributed by atoms with Crippen LogP contribution in [0.15, 0.2) is 24.3 Å². The van der Waals surface area contributed by atoms with E-state index in [1.54, 1.807) is 0 Å². The van der Waals surface area contributed by atoms with Gasteiger partial charge < -0.3 is 10.4 Å². The van der Waals surface area contributed by atoms with E-state index >= 15 is 0 Å². The highest BCUT2D eigenvalue weighted by Gasteiger charge is 2.35. The molecule has 1 fully saturated rings. The van der Waals surface area contributed by atoms with Crippen molar-refractivity contribution in [3.05, 3.63) is 34.4 Å². The second kappa shape index (κ2) is 6.34. The van der Waals surface area contributed by atoms with Crippen LogP contribution in [0.1, 0.15) is 25.7 Å². The molecule has 7 nitrogen and oxygen atoms in total. The van der Waals surface area contributed by atoms with Gasteiger partial charge in [-0.1, -0.05) is 12.8 Å². The molecule has 1 aliphatic carbocycles. The Morgan fingerprint density at radius 3 is 2.24 bits per heavy atom. The minimum absolute atomic E-state index is 0.0610. The molecule has 1 aliphatic rings. The number of carboxylic acid groups (broad SMARTS) is 1. The number of nitrogens with one attached hydrogen (secondary N) is 1. The summed E-state index contributed by atoms with van der Waals surface area (Å²) in [7, 11) is 0. The molecule has 0 aliphatic heterocycles. The van der Waals surface area contributed by atoms with Gasteiger partial charge in [-0.2, -0.15) is 0 Å². The van der Waals surface area contributed by atoms with E-state index in [0.717, 1.165) is 12.8 Å². The molecule has 2 atom stereocenters. The van der Waals surface area contributed by atoms with Crippen LogP contribution in [0.25, 0.3) is 0 Å². The number of hydrogen-bond donors (Lipinski definition) is 2. The van der Waals surface area contributed by atoms with Gasteiger partial charge in [0, 0.05) is 17.8 Å². The van der Waals surface area contributed by atoms with Crippen molar-refractivity contribution in [2.45, 2.75) is 25.7 Å². The number of nitro groups is 1. The summed E-state index contributed by atoms with van der Waals surface area (Å²) in [5.74, 6) is -2.49. The predicted octanol–water partition coefficient (Wildman–Crippen LogP) is 2.42. The zero-order chi connectivity index (χ0) is 15.4. The highest BCUT2D eigenvalue weighted by molar-refractivity contribution is 5.95. The summed E-state index contributed by atoms with van der Waals surface area (Å²) in [6.07, 6.45) is 2.71. The number of carbonyl (C=O) groups excluding carboxylic acids is 1. The molecular formula is C14H16N2O5. The fourth-order valence-electron chi connectivity index (χ4n) is 2.64. The number of rotatable bonds is 4. The lowest BCUT2D eigenvalue weighted by atomic mass is 9.78. The quantitative estimate of drug-likeness (QED) is 0.654. The van der Waals surface area contributed by atoms with Gasteiger partial charge in [-0.15, -0.1) is 0 Å². The molecule has 1 aromatic carbocycles. The normalized spacial score (nSPS) is 21.5. The first-order valence-corrected chi connectivity index (χ1v) is 6.77. The number of aliphatic carboxylic acids is 1. The molecule has 0 radical (unpaired) electrons. The van der Waals surface area contributed by atoms with E-state index in [0.29, 0.717) is 18.5 Å². The molecule has 21 heavy (non-hydrogen) atoms. The zero-order valence-electron chi connectivity index (χ0n) is 11.3. The number of nitrogens with zero attached hydrogens (tertiary/aromatic N) is 1. The maximum Gasteiger partial charge on any atom is 0.307 e. The Balaban J connectivity index is 2.05. The van der Waals surface area contributed by atoms with Crippen LogP contribution in [0.5, 0.6) is 0 Å². The summed E-state index contributed by atoms with van der Waals surface area (Å²) in [6, 6.07) is 5.47. The second-order valence-corrected chi connectivity index (χ2v) is 5.13. The van der Waals surface area contributed by atoms with E-state index < -0.39 is 22.7 Å². The minimum atomic E-state index is -0.946. The lowest BCUT2D eigenvalue weighted by Gasteiger charge is -2.27. The summed E-state index contributed by atoms with van der Waals surface area (Å²) in [4.78, 5) is 33.4. The first kappa shape index (κ1) is 15.0. The van der Waals surface area contributed by atoms with Gasteiger partial charge in [-0.3, -0.25) is 19.7 Å². The first-order valence-electron chi connectivity index (χ1n) is 6.77.